The van der Waals surface area contributed by atoms with Crippen LogP contribution < -0.4 is 0 Å². The van der Waals surface area contributed by atoms with Gasteiger partial charge in [-0.3, -0.25) is 0 Å². The average molecular weight is 375 g/mol. The third kappa shape index (κ3) is 3.23. The molecule has 1 heterocycles. The van der Waals surface area contributed by atoms with Gasteiger partial charge in [-0.15, -0.1) is 5.10 Å². The molecule has 0 aliphatic carbocycles. The van der Waals surface area contributed by atoms with E-state index in [1.807, 2.05) is 28.9 Å². The number of benzene rings is 2. The second-order valence-electron chi connectivity index (χ2n) is 5.01. The Morgan fingerprint density at radius 3 is 2.77 bits per heavy atom. The molecule has 4 nitrogen and oxygen atoms in total. The van der Waals surface area contributed by atoms with Crippen molar-refractivity contribution in [2.75, 3.05) is 0 Å². The normalized spacial score (nSPS) is 10.9. The predicted octanol–water partition coefficient (Wildman–Crippen LogP) is 4.33. The molecule has 0 saturated heterocycles. The van der Waals surface area contributed by atoms with Crippen LogP contribution in [0.2, 0.25) is 0 Å². The summed E-state index contributed by atoms with van der Waals surface area (Å²) in [6.07, 6.45) is 0. The zero-order valence-corrected chi connectivity index (χ0v) is 14.7. The topological polar surface area (TPSA) is 43.6 Å². The van der Waals surface area contributed by atoms with Crippen molar-refractivity contribution in [3.05, 3.63) is 63.6 Å². The molecule has 3 rings (SSSR count). The summed E-state index contributed by atoms with van der Waals surface area (Å²) in [6.45, 7) is 4.19. The Balaban J connectivity index is 1.85. The lowest BCUT2D eigenvalue weighted by Crippen LogP contribution is -2.02. The van der Waals surface area contributed by atoms with E-state index in [-0.39, 0.29) is 0 Å². The van der Waals surface area contributed by atoms with Gasteiger partial charge in [0, 0.05) is 10.2 Å². The SMILES string of the molecule is Cc1cccc(-n2nnnc2SCc2cccc(Br)c2)c1C. The van der Waals surface area contributed by atoms with Crippen LogP contribution in [0.4, 0.5) is 0 Å². The minimum atomic E-state index is 0.800. The number of hydrogen-bond acceptors (Lipinski definition) is 4. The molecular weight excluding hydrogens is 360 g/mol. The highest BCUT2D eigenvalue weighted by atomic mass is 79.9. The van der Waals surface area contributed by atoms with Crippen LogP contribution in [-0.4, -0.2) is 20.2 Å². The van der Waals surface area contributed by atoms with Crippen LogP contribution in [0.15, 0.2) is 52.1 Å². The number of hydrogen-bond donors (Lipinski definition) is 0. The fraction of sp³-hybridized carbons (Fsp3) is 0.188. The van der Waals surface area contributed by atoms with E-state index in [4.69, 9.17) is 0 Å². The number of rotatable bonds is 4. The molecule has 6 heteroatoms. The van der Waals surface area contributed by atoms with Crippen molar-refractivity contribution in [1.82, 2.24) is 20.2 Å². The van der Waals surface area contributed by atoms with Gasteiger partial charge in [0.25, 0.3) is 0 Å². The minimum Gasteiger partial charge on any atom is -0.187 e. The van der Waals surface area contributed by atoms with E-state index < -0.39 is 0 Å². The molecule has 112 valence electrons. The first-order valence-corrected chi connectivity index (χ1v) is 8.65. The summed E-state index contributed by atoms with van der Waals surface area (Å²) in [7, 11) is 0. The number of aromatic nitrogens is 4. The van der Waals surface area contributed by atoms with Crippen LogP contribution in [0, 0.1) is 13.8 Å². The first-order valence-electron chi connectivity index (χ1n) is 6.87. The van der Waals surface area contributed by atoms with Crippen LogP contribution in [0.3, 0.4) is 0 Å². The number of aryl methyl sites for hydroxylation is 1. The highest BCUT2D eigenvalue weighted by Crippen LogP contribution is 2.25. The van der Waals surface area contributed by atoms with E-state index in [9.17, 15) is 0 Å². The second kappa shape index (κ2) is 6.62. The maximum absolute atomic E-state index is 4.15. The van der Waals surface area contributed by atoms with E-state index in [1.165, 1.54) is 16.7 Å². The summed E-state index contributed by atoms with van der Waals surface area (Å²) in [5, 5.41) is 12.9. The molecule has 0 amide bonds. The third-order valence-corrected chi connectivity index (χ3v) is 4.99. The zero-order valence-electron chi connectivity index (χ0n) is 12.3. The predicted molar refractivity (Wildman–Crippen MR) is 92.3 cm³/mol. The van der Waals surface area contributed by atoms with Crippen LogP contribution in [-0.2, 0) is 5.75 Å². The molecule has 0 bridgehead atoms. The summed E-state index contributed by atoms with van der Waals surface area (Å²) in [5.74, 6) is 0.824. The lowest BCUT2D eigenvalue weighted by Gasteiger charge is -2.09. The molecule has 0 N–H and O–H groups in total. The van der Waals surface area contributed by atoms with Gasteiger partial charge in [-0.1, -0.05) is 52.0 Å². The molecule has 0 aliphatic rings. The van der Waals surface area contributed by atoms with Gasteiger partial charge >= 0.3 is 0 Å². The molecule has 3 aromatic rings. The van der Waals surface area contributed by atoms with Crippen LogP contribution >= 0.6 is 27.7 Å². The number of nitrogens with zero attached hydrogens (tertiary/aromatic N) is 4. The van der Waals surface area contributed by atoms with Crippen molar-refractivity contribution in [1.29, 1.82) is 0 Å². The van der Waals surface area contributed by atoms with Crippen molar-refractivity contribution in [2.24, 2.45) is 0 Å². The van der Waals surface area contributed by atoms with Crippen LogP contribution in [0.1, 0.15) is 16.7 Å². The number of thioether (sulfide) groups is 1. The Hall–Kier alpha value is -1.66. The standard InChI is InChI=1S/C16H15BrN4S/c1-11-5-3-8-15(12(11)2)21-16(18-19-20-21)22-10-13-6-4-7-14(17)9-13/h3-9H,10H2,1-2H3. The third-order valence-electron chi connectivity index (χ3n) is 3.50. The molecule has 0 fully saturated rings. The quantitative estimate of drug-likeness (QED) is 0.637. The van der Waals surface area contributed by atoms with Gasteiger partial charge in [-0.05, 0) is 59.2 Å². The van der Waals surface area contributed by atoms with Gasteiger partial charge in [0.1, 0.15) is 0 Å². The monoisotopic (exact) mass is 374 g/mol. The summed E-state index contributed by atoms with van der Waals surface area (Å²) in [4.78, 5) is 0. The summed E-state index contributed by atoms with van der Waals surface area (Å²) in [5.41, 5.74) is 4.69. The number of halogens is 1. The van der Waals surface area contributed by atoms with E-state index in [0.29, 0.717) is 0 Å². The van der Waals surface area contributed by atoms with Gasteiger partial charge in [0.15, 0.2) is 0 Å². The molecule has 0 saturated carbocycles. The molecule has 0 atom stereocenters. The lowest BCUT2D eigenvalue weighted by molar-refractivity contribution is 0.751. The van der Waals surface area contributed by atoms with Gasteiger partial charge < -0.3 is 0 Å². The molecule has 0 aliphatic heterocycles. The Morgan fingerprint density at radius 1 is 1.14 bits per heavy atom. The van der Waals surface area contributed by atoms with E-state index in [0.717, 1.165) is 21.1 Å². The highest BCUT2D eigenvalue weighted by Gasteiger charge is 2.12. The van der Waals surface area contributed by atoms with Crippen molar-refractivity contribution >= 4 is 27.7 Å². The molecule has 0 spiro atoms. The molecule has 1 aromatic heterocycles. The fourth-order valence-corrected chi connectivity index (χ4v) is 3.43. The van der Waals surface area contributed by atoms with E-state index >= 15 is 0 Å². The Bertz CT molecular complexity index is 800. The minimum absolute atomic E-state index is 0.800. The lowest BCUT2D eigenvalue weighted by atomic mass is 10.1. The van der Waals surface area contributed by atoms with Crippen LogP contribution in [0.25, 0.3) is 5.69 Å². The molecular formula is C16H15BrN4S. The Labute approximate surface area is 142 Å². The Kier molecular flexibility index (Phi) is 4.59. The highest BCUT2D eigenvalue weighted by molar-refractivity contribution is 9.10. The smallest absolute Gasteiger partial charge is 0.187 e. The largest absolute Gasteiger partial charge is 0.214 e. The molecule has 0 radical (unpaired) electrons. The summed E-state index contributed by atoms with van der Waals surface area (Å²) >= 11 is 5.13. The van der Waals surface area contributed by atoms with Gasteiger partial charge in [-0.2, -0.15) is 4.68 Å². The summed E-state index contributed by atoms with van der Waals surface area (Å²) < 4.78 is 2.89. The van der Waals surface area contributed by atoms with Gasteiger partial charge in [-0.25, -0.2) is 0 Å². The first kappa shape index (κ1) is 15.2. The van der Waals surface area contributed by atoms with E-state index in [1.54, 1.807) is 11.8 Å². The van der Waals surface area contributed by atoms with E-state index in [2.05, 4.69) is 63.5 Å². The van der Waals surface area contributed by atoms with Crippen LogP contribution in [0.5, 0.6) is 0 Å². The average Bonchev–Trinajstić information content (AvgIpc) is 2.96. The van der Waals surface area contributed by atoms with Crippen molar-refractivity contribution in [2.45, 2.75) is 24.8 Å². The van der Waals surface area contributed by atoms with Crippen molar-refractivity contribution in [3.63, 3.8) is 0 Å². The van der Waals surface area contributed by atoms with Gasteiger partial charge in [0.05, 0.1) is 5.69 Å². The zero-order chi connectivity index (χ0) is 15.5. The first-order chi connectivity index (χ1) is 10.6. The fourth-order valence-electron chi connectivity index (χ4n) is 2.16. The maximum atomic E-state index is 4.15. The second-order valence-corrected chi connectivity index (χ2v) is 6.87. The summed E-state index contributed by atoms with van der Waals surface area (Å²) in [6, 6.07) is 14.4. The molecule has 2 aromatic carbocycles. The van der Waals surface area contributed by atoms with Crippen molar-refractivity contribution < 1.29 is 0 Å². The molecule has 0 unspecified atom stereocenters. The Morgan fingerprint density at radius 2 is 1.95 bits per heavy atom. The molecule has 22 heavy (non-hydrogen) atoms. The van der Waals surface area contributed by atoms with Gasteiger partial charge in [0.2, 0.25) is 5.16 Å². The van der Waals surface area contributed by atoms with Crippen molar-refractivity contribution in [3.8, 4) is 5.69 Å². The number of tetrazole rings is 1. The maximum Gasteiger partial charge on any atom is 0.214 e.